The number of rotatable bonds is 2. The molecule has 0 aliphatic heterocycles. The standard InChI is InChI=1S/C13H11ClN4O/c1-19-12-11(16-6-17-13(12)14)10-5-7-4-8(15)2-3-9(7)18-10/h2-6,18H,15H2,1H3. The molecule has 0 amide bonds. The molecule has 0 spiro atoms. The van der Waals surface area contributed by atoms with Gasteiger partial charge in [0.2, 0.25) is 0 Å². The van der Waals surface area contributed by atoms with E-state index in [0.29, 0.717) is 17.1 Å². The number of nitrogen functional groups attached to an aromatic ring is 1. The van der Waals surface area contributed by atoms with Gasteiger partial charge in [-0.1, -0.05) is 11.6 Å². The molecule has 0 aliphatic rings. The summed E-state index contributed by atoms with van der Waals surface area (Å²) in [5.74, 6) is 0.448. The number of ether oxygens (including phenoxy) is 1. The number of fused-ring (bicyclic) bond motifs is 1. The van der Waals surface area contributed by atoms with Crippen molar-refractivity contribution >= 4 is 28.2 Å². The van der Waals surface area contributed by atoms with Crippen molar-refractivity contribution in [3.8, 4) is 17.1 Å². The van der Waals surface area contributed by atoms with Gasteiger partial charge in [-0.05, 0) is 24.3 Å². The second kappa shape index (κ2) is 4.44. The molecule has 19 heavy (non-hydrogen) atoms. The minimum absolute atomic E-state index is 0.283. The Hall–Kier alpha value is -2.27. The first-order valence-electron chi connectivity index (χ1n) is 5.62. The van der Waals surface area contributed by atoms with E-state index in [4.69, 9.17) is 22.1 Å². The van der Waals surface area contributed by atoms with Crippen molar-refractivity contribution < 1.29 is 4.74 Å². The number of halogens is 1. The lowest BCUT2D eigenvalue weighted by Gasteiger charge is -2.06. The van der Waals surface area contributed by atoms with Crippen molar-refractivity contribution in [2.24, 2.45) is 0 Å². The van der Waals surface area contributed by atoms with Crippen molar-refractivity contribution in [3.63, 3.8) is 0 Å². The van der Waals surface area contributed by atoms with E-state index in [9.17, 15) is 0 Å². The lowest BCUT2D eigenvalue weighted by Crippen LogP contribution is -1.94. The van der Waals surface area contributed by atoms with Gasteiger partial charge in [-0.2, -0.15) is 0 Å². The largest absolute Gasteiger partial charge is 0.491 e. The third-order valence-electron chi connectivity index (χ3n) is 2.86. The molecule has 0 saturated carbocycles. The van der Waals surface area contributed by atoms with E-state index >= 15 is 0 Å². The van der Waals surface area contributed by atoms with Gasteiger partial charge in [0.15, 0.2) is 10.9 Å². The van der Waals surface area contributed by atoms with Gasteiger partial charge in [-0.25, -0.2) is 9.97 Å². The average Bonchev–Trinajstić information content (AvgIpc) is 2.81. The average molecular weight is 275 g/mol. The second-order valence-corrected chi connectivity index (χ2v) is 4.43. The highest BCUT2D eigenvalue weighted by molar-refractivity contribution is 6.31. The molecule has 0 atom stereocenters. The summed E-state index contributed by atoms with van der Waals surface area (Å²) < 4.78 is 5.25. The van der Waals surface area contributed by atoms with Crippen LogP contribution >= 0.6 is 11.6 Å². The van der Waals surface area contributed by atoms with E-state index in [1.807, 2.05) is 24.3 Å². The van der Waals surface area contributed by atoms with Crippen LogP contribution in [0.4, 0.5) is 5.69 Å². The number of methoxy groups -OCH3 is 1. The van der Waals surface area contributed by atoms with Gasteiger partial charge in [0.1, 0.15) is 12.0 Å². The minimum atomic E-state index is 0.283. The van der Waals surface area contributed by atoms with Crippen LogP contribution < -0.4 is 10.5 Å². The number of nitrogens with two attached hydrogens (primary N) is 1. The molecule has 6 heteroatoms. The molecule has 0 radical (unpaired) electrons. The van der Waals surface area contributed by atoms with Crippen LogP contribution in [0.1, 0.15) is 0 Å². The van der Waals surface area contributed by atoms with Crippen molar-refractivity contribution in [1.29, 1.82) is 0 Å². The first-order chi connectivity index (χ1) is 9.19. The Balaban J connectivity index is 2.22. The lowest BCUT2D eigenvalue weighted by atomic mass is 10.2. The molecule has 2 aromatic heterocycles. The summed E-state index contributed by atoms with van der Waals surface area (Å²) in [5.41, 5.74) is 8.88. The zero-order valence-electron chi connectivity index (χ0n) is 10.1. The Morgan fingerprint density at radius 3 is 2.89 bits per heavy atom. The van der Waals surface area contributed by atoms with Crippen LogP contribution in [0.2, 0.25) is 5.15 Å². The number of hydrogen-bond acceptors (Lipinski definition) is 4. The molecule has 3 aromatic rings. The summed E-state index contributed by atoms with van der Waals surface area (Å²) in [7, 11) is 1.54. The summed E-state index contributed by atoms with van der Waals surface area (Å²) in [5, 5.41) is 1.29. The molecule has 96 valence electrons. The Morgan fingerprint density at radius 1 is 1.26 bits per heavy atom. The zero-order valence-corrected chi connectivity index (χ0v) is 10.9. The predicted octanol–water partition coefficient (Wildman–Crippen LogP) is 2.87. The van der Waals surface area contributed by atoms with E-state index in [-0.39, 0.29) is 5.15 Å². The number of nitrogens with one attached hydrogen (secondary N) is 1. The maximum absolute atomic E-state index is 5.99. The molecular formula is C13H11ClN4O. The lowest BCUT2D eigenvalue weighted by molar-refractivity contribution is 0.413. The highest BCUT2D eigenvalue weighted by atomic mass is 35.5. The van der Waals surface area contributed by atoms with Crippen LogP contribution in [-0.4, -0.2) is 22.1 Å². The van der Waals surface area contributed by atoms with E-state index in [0.717, 1.165) is 16.6 Å². The summed E-state index contributed by atoms with van der Waals surface area (Å²) in [6.07, 6.45) is 1.40. The smallest absolute Gasteiger partial charge is 0.184 e. The molecule has 0 saturated heterocycles. The normalized spacial score (nSPS) is 10.8. The van der Waals surface area contributed by atoms with Gasteiger partial charge < -0.3 is 15.5 Å². The molecular weight excluding hydrogens is 264 g/mol. The number of benzene rings is 1. The third-order valence-corrected chi connectivity index (χ3v) is 3.13. The van der Waals surface area contributed by atoms with Crippen molar-refractivity contribution in [2.45, 2.75) is 0 Å². The minimum Gasteiger partial charge on any atom is -0.491 e. The Kier molecular flexibility index (Phi) is 2.76. The van der Waals surface area contributed by atoms with Crippen LogP contribution in [0.15, 0.2) is 30.6 Å². The number of aromatic amines is 1. The third kappa shape index (κ3) is 1.98. The highest BCUT2D eigenvalue weighted by Crippen LogP contribution is 2.33. The molecule has 1 aromatic carbocycles. The molecule has 3 N–H and O–H groups in total. The predicted molar refractivity (Wildman–Crippen MR) is 75.3 cm³/mol. The van der Waals surface area contributed by atoms with E-state index < -0.39 is 0 Å². The highest BCUT2D eigenvalue weighted by Gasteiger charge is 2.14. The second-order valence-electron chi connectivity index (χ2n) is 4.08. The van der Waals surface area contributed by atoms with E-state index in [1.165, 1.54) is 13.4 Å². The molecule has 0 unspecified atom stereocenters. The van der Waals surface area contributed by atoms with Crippen molar-refractivity contribution in [3.05, 3.63) is 35.7 Å². The fourth-order valence-corrected chi connectivity index (χ4v) is 2.21. The van der Waals surface area contributed by atoms with Crippen LogP contribution in [0.3, 0.4) is 0 Å². The van der Waals surface area contributed by atoms with Gasteiger partial charge in [-0.15, -0.1) is 0 Å². The van der Waals surface area contributed by atoms with Gasteiger partial charge in [0, 0.05) is 16.6 Å². The Labute approximate surface area is 114 Å². The first-order valence-corrected chi connectivity index (χ1v) is 6.00. The van der Waals surface area contributed by atoms with Crippen LogP contribution in [0.5, 0.6) is 5.75 Å². The number of aromatic nitrogens is 3. The van der Waals surface area contributed by atoms with Gasteiger partial charge in [-0.3, -0.25) is 0 Å². The molecule has 5 nitrogen and oxygen atoms in total. The maximum atomic E-state index is 5.99. The molecule has 0 bridgehead atoms. The number of hydrogen-bond donors (Lipinski definition) is 2. The molecule has 0 aliphatic carbocycles. The Bertz CT molecular complexity index is 753. The monoisotopic (exact) mass is 274 g/mol. The van der Waals surface area contributed by atoms with Gasteiger partial charge in [0.05, 0.1) is 12.8 Å². The van der Waals surface area contributed by atoms with E-state index in [1.54, 1.807) is 0 Å². The maximum Gasteiger partial charge on any atom is 0.184 e. The van der Waals surface area contributed by atoms with Crippen LogP contribution in [0, 0.1) is 0 Å². The molecule has 0 fully saturated rings. The van der Waals surface area contributed by atoms with Crippen molar-refractivity contribution in [2.75, 3.05) is 12.8 Å². The van der Waals surface area contributed by atoms with E-state index in [2.05, 4.69) is 15.0 Å². The number of anilines is 1. The summed E-state index contributed by atoms with van der Waals surface area (Å²) in [6, 6.07) is 7.60. The fraction of sp³-hybridized carbons (Fsp3) is 0.0769. The van der Waals surface area contributed by atoms with Crippen LogP contribution in [0.25, 0.3) is 22.3 Å². The number of H-pyrrole nitrogens is 1. The fourth-order valence-electron chi connectivity index (χ4n) is 2.00. The molecule has 3 rings (SSSR count). The number of nitrogens with zero attached hydrogens (tertiary/aromatic N) is 2. The summed E-state index contributed by atoms with van der Waals surface area (Å²) in [4.78, 5) is 11.4. The van der Waals surface area contributed by atoms with Gasteiger partial charge in [0.25, 0.3) is 0 Å². The van der Waals surface area contributed by atoms with Gasteiger partial charge >= 0.3 is 0 Å². The Morgan fingerprint density at radius 2 is 2.11 bits per heavy atom. The van der Waals surface area contributed by atoms with Crippen LogP contribution in [-0.2, 0) is 0 Å². The zero-order chi connectivity index (χ0) is 13.4. The SMILES string of the molecule is COc1c(Cl)ncnc1-c1cc2cc(N)ccc2[nH]1. The summed E-state index contributed by atoms with van der Waals surface area (Å²) in [6.45, 7) is 0. The topological polar surface area (TPSA) is 76.8 Å². The quantitative estimate of drug-likeness (QED) is 0.556. The first kappa shape index (κ1) is 11.8. The summed E-state index contributed by atoms with van der Waals surface area (Å²) >= 11 is 5.99. The van der Waals surface area contributed by atoms with Crippen molar-refractivity contribution in [1.82, 2.24) is 15.0 Å². The molecule has 2 heterocycles.